The van der Waals surface area contributed by atoms with Crippen molar-refractivity contribution in [1.82, 2.24) is 5.32 Å². The Morgan fingerprint density at radius 1 is 1.22 bits per heavy atom. The van der Waals surface area contributed by atoms with Crippen molar-refractivity contribution in [3.8, 4) is 0 Å². The quantitative estimate of drug-likeness (QED) is 0.860. The lowest BCUT2D eigenvalue weighted by atomic mass is 9.75. The summed E-state index contributed by atoms with van der Waals surface area (Å²) in [6.45, 7) is 3.79. The Balaban J connectivity index is 1.20. The first kappa shape index (κ1) is 16.1. The van der Waals surface area contributed by atoms with E-state index in [9.17, 15) is 0 Å². The molecule has 0 aromatic heterocycles. The number of rotatable bonds is 4. The summed E-state index contributed by atoms with van der Waals surface area (Å²) in [5.41, 5.74) is 1.89. The Morgan fingerprint density at radius 2 is 2.04 bits per heavy atom. The van der Waals surface area contributed by atoms with E-state index in [-0.39, 0.29) is 0 Å². The molecule has 1 spiro atoms. The topological polar surface area (TPSA) is 30.5 Å². The summed E-state index contributed by atoms with van der Waals surface area (Å²) < 4.78 is 12.8. The van der Waals surface area contributed by atoms with Crippen molar-refractivity contribution < 1.29 is 9.47 Å². The molecule has 3 nitrogen and oxygen atoms in total. The monoisotopic (exact) mass is 379 g/mol. The van der Waals surface area contributed by atoms with Crippen LogP contribution in [-0.2, 0) is 9.47 Å². The maximum absolute atomic E-state index is 6.07. The first-order valence-electron chi connectivity index (χ1n) is 8.91. The van der Waals surface area contributed by atoms with Crippen molar-refractivity contribution in [2.24, 2.45) is 5.41 Å². The minimum atomic E-state index is 0.401. The molecule has 0 radical (unpaired) electrons. The number of ether oxygens (including phenoxy) is 2. The summed E-state index contributed by atoms with van der Waals surface area (Å²) in [6.07, 6.45) is 6.48. The van der Waals surface area contributed by atoms with E-state index in [4.69, 9.17) is 9.47 Å². The van der Waals surface area contributed by atoms with Gasteiger partial charge in [0.15, 0.2) is 0 Å². The summed E-state index contributed by atoms with van der Waals surface area (Å²) in [7, 11) is 0. The maximum atomic E-state index is 6.07. The van der Waals surface area contributed by atoms with Crippen molar-refractivity contribution in [3.05, 3.63) is 34.3 Å². The fourth-order valence-corrected chi connectivity index (χ4v) is 4.71. The summed E-state index contributed by atoms with van der Waals surface area (Å²) in [4.78, 5) is 0. The number of hydrogen-bond acceptors (Lipinski definition) is 3. The number of halogens is 1. The van der Waals surface area contributed by atoms with Gasteiger partial charge in [-0.25, -0.2) is 0 Å². The van der Waals surface area contributed by atoms with Crippen LogP contribution in [0.25, 0.3) is 0 Å². The number of nitrogens with one attached hydrogen (secondary N) is 1. The molecule has 2 saturated heterocycles. The predicted molar refractivity (Wildman–Crippen MR) is 94.8 cm³/mol. The van der Waals surface area contributed by atoms with E-state index in [1.807, 2.05) is 0 Å². The summed E-state index contributed by atoms with van der Waals surface area (Å²) in [5, 5.41) is 3.73. The standard InChI is InChI=1S/C19H26BrNO2/c20-16-3-1-2-14(8-16)15-9-17(10-15)21-12-18-11-19(13-23-18)4-6-22-7-5-19/h1-3,8,15,17-18,21H,4-7,9-13H2. The van der Waals surface area contributed by atoms with Gasteiger partial charge in [0.05, 0.1) is 12.7 Å². The molecule has 3 aliphatic rings. The van der Waals surface area contributed by atoms with Crippen LogP contribution in [0, 0.1) is 5.41 Å². The molecule has 3 fully saturated rings. The fraction of sp³-hybridized carbons (Fsp3) is 0.684. The molecule has 1 aliphatic carbocycles. The Bertz CT molecular complexity index is 538. The first-order valence-corrected chi connectivity index (χ1v) is 9.70. The smallest absolute Gasteiger partial charge is 0.0706 e. The van der Waals surface area contributed by atoms with Crippen LogP contribution in [-0.4, -0.2) is 38.5 Å². The molecule has 4 rings (SSSR count). The SMILES string of the molecule is Brc1cccc(C2CC(NCC3CC4(CCOCC4)CO3)C2)c1. The summed E-state index contributed by atoms with van der Waals surface area (Å²) in [6, 6.07) is 9.41. The van der Waals surface area contributed by atoms with Gasteiger partial charge in [0.25, 0.3) is 0 Å². The molecule has 0 bridgehead atoms. The summed E-state index contributed by atoms with van der Waals surface area (Å²) >= 11 is 3.57. The maximum Gasteiger partial charge on any atom is 0.0706 e. The van der Waals surface area contributed by atoms with Crippen LogP contribution in [0.4, 0.5) is 0 Å². The predicted octanol–water partition coefficient (Wildman–Crippen LogP) is 3.87. The zero-order valence-electron chi connectivity index (χ0n) is 13.6. The van der Waals surface area contributed by atoms with Crippen molar-refractivity contribution >= 4 is 15.9 Å². The van der Waals surface area contributed by atoms with Crippen LogP contribution in [0.3, 0.4) is 0 Å². The van der Waals surface area contributed by atoms with E-state index in [0.29, 0.717) is 17.6 Å². The molecule has 1 aromatic rings. The molecule has 1 saturated carbocycles. The van der Waals surface area contributed by atoms with Crippen LogP contribution in [0.15, 0.2) is 28.7 Å². The minimum absolute atomic E-state index is 0.401. The van der Waals surface area contributed by atoms with E-state index < -0.39 is 0 Å². The zero-order valence-corrected chi connectivity index (χ0v) is 15.2. The van der Waals surface area contributed by atoms with Gasteiger partial charge in [-0.1, -0.05) is 28.1 Å². The highest BCUT2D eigenvalue weighted by Crippen LogP contribution is 2.42. The third-order valence-electron chi connectivity index (χ3n) is 5.93. The van der Waals surface area contributed by atoms with Gasteiger partial charge < -0.3 is 14.8 Å². The molecule has 1 atom stereocenters. The second kappa shape index (κ2) is 6.83. The molecule has 1 aromatic carbocycles. The van der Waals surface area contributed by atoms with Crippen LogP contribution in [0.2, 0.25) is 0 Å². The van der Waals surface area contributed by atoms with Crippen molar-refractivity contribution in [2.45, 2.75) is 50.2 Å². The highest BCUT2D eigenvalue weighted by molar-refractivity contribution is 9.10. The van der Waals surface area contributed by atoms with Crippen LogP contribution >= 0.6 is 15.9 Å². The van der Waals surface area contributed by atoms with E-state index in [0.717, 1.165) is 32.3 Å². The van der Waals surface area contributed by atoms with Gasteiger partial charge in [0.1, 0.15) is 0 Å². The van der Waals surface area contributed by atoms with Crippen LogP contribution in [0.1, 0.15) is 43.6 Å². The highest BCUT2D eigenvalue weighted by atomic mass is 79.9. The lowest BCUT2D eigenvalue weighted by molar-refractivity contribution is 0.00685. The van der Waals surface area contributed by atoms with Gasteiger partial charge in [-0.05, 0) is 55.7 Å². The molecule has 0 amide bonds. The minimum Gasteiger partial charge on any atom is -0.381 e. The van der Waals surface area contributed by atoms with Gasteiger partial charge in [-0.3, -0.25) is 0 Å². The third-order valence-corrected chi connectivity index (χ3v) is 6.42. The van der Waals surface area contributed by atoms with Crippen molar-refractivity contribution in [3.63, 3.8) is 0 Å². The lowest BCUT2D eigenvalue weighted by Gasteiger charge is -2.37. The Hall–Kier alpha value is -0.420. The normalized spacial score (nSPS) is 32.8. The Labute approximate surface area is 147 Å². The van der Waals surface area contributed by atoms with E-state index in [2.05, 4.69) is 45.5 Å². The molecule has 126 valence electrons. The van der Waals surface area contributed by atoms with Gasteiger partial charge in [0.2, 0.25) is 0 Å². The largest absolute Gasteiger partial charge is 0.381 e. The van der Waals surface area contributed by atoms with E-state index >= 15 is 0 Å². The molecule has 2 aliphatic heterocycles. The van der Waals surface area contributed by atoms with Crippen LogP contribution in [0.5, 0.6) is 0 Å². The second-order valence-electron chi connectivity index (χ2n) is 7.58. The average molecular weight is 380 g/mol. The molecular weight excluding hydrogens is 354 g/mol. The zero-order chi connectivity index (χ0) is 15.7. The molecule has 1 N–H and O–H groups in total. The summed E-state index contributed by atoms with van der Waals surface area (Å²) in [5.74, 6) is 0.719. The lowest BCUT2D eigenvalue weighted by Crippen LogP contribution is -2.43. The van der Waals surface area contributed by atoms with Gasteiger partial charge in [-0.2, -0.15) is 0 Å². The van der Waals surface area contributed by atoms with E-state index in [1.165, 1.54) is 42.1 Å². The number of hydrogen-bond donors (Lipinski definition) is 1. The van der Waals surface area contributed by atoms with Gasteiger partial charge in [-0.15, -0.1) is 0 Å². The molecule has 1 unspecified atom stereocenters. The van der Waals surface area contributed by atoms with E-state index in [1.54, 1.807) is 0 Å². The molecular formula is C19H26BrNO2. The number of benzene rings is 1. The Morgan fingerprint density at radius 3 is 2.83 bits per heavy atom. The average Bonchev–Trinajstić information content (AvgIpc) is 2.89. The van der Waals surface area contributed by atoms with Gasteiger partial charge in [0, 0.05) is 35.7 Å². The Kier molecular flexibility index (Phi) is 4.77. The first-order chi connectivity index (χ1) is 11.2. The molecule has 23 heavy (non-hydrogen) atoms. The van der Waals surface area contributed by atoms with Crippen molar-refractivity contribution in [2.75, 3.05) is 26.4 Å². The fourth-order valence-electron chi connectivity index (χ4n) is 4.29. The molecule has 2 heterocycles. The van der Waals surface area contributed by atoms with Gasteiger partial charge >= 0.3 is 0 Å². The molecule has 4 heteroatoms. The second-order valence-corrected chi connectivity index (χ2v) is 8.49. The van der Waals surface area contributed by atoms with Crippen molar-refractivity contribution in [1.29, 1.82) is 0 Å². The third kappa shape index (κ3) is 3.65. The highest BCUT2D eigenvalue weighted by Gasteiger charge is 2.41. The van der Waals surface area contributed by atoms with Crippen LogP contribution < -0.4 is 5.32 Å².